The van der Waals surface area contributed by atoms with Crippen LogP contribution in [0.15, 0.2) is 59.1 Å². The molecule has 0 spiro atoms. The molecule has 2 aromatic carbocycles. The minimum atomic E-state index is -1.11. The summed E-state index contributed by atoms with van der Waals surface area (Å²) in [6.07, 6.45) is -1.11. The van der Waals surface area contributed by atoms with Crippen molar-refractivity contribution in [2.24, 2.45) is 0 Å². The Kier molecular flexibility index (Phi) is 4.91. The Morgan fingerprint density at radius 1 is 1.00 bits per heavy atom. The summed E-state index contributed by atoms with van der Waals surface area (Å²) in [5.74, 6) is -0.293. The maximum absolute atomic E-state index is 12.2. The summed E-state index contributed by atoms with van der Waals surface area (Å²) in [5, 5.41) is 10.2. The van der Waals surface area contributed by atoms with Gasteiger partial charge < -0.3 is 5.11 Å². The maximum Gasteiger partial charge on any atom is 0.192 e. The molecule has 0 saturated heterocycles. The SMILES string of the molecule is O=C(c1ccc(Br)cc1)[C@@H](O)[C@H](Br)c1ccccc1. The number of aliphatic hydroxyl groups is 1. The zero-order chi connectivity index (χ0) is 13.8. The van der Waals surface area contributed by atoms with Crippen LogP contribution in [-0.2, 0) is 0 Å². The van der Waals surface area contributed by atoms with Crippen molar-refractivity contribution >= 4 is 37.6 Å². The fourth-order valence-corrected chi connectivity index (χ4v) is 2.55. The average molecular weight is 384 g/mol. The summed E-state index contributed by atoms with van der Waals surface area (Å²) < 4.78 is 0.900. The third-order valence-corrected chi connectivity index (χ3v) is 4.35. The average Bonchev–Trinajstić information content (AvgIpc) is 2.46. The van der Waals surface area contributed by atoms with Gasteiger partial charge in [-0.25, -0.2) is 0 Å². The first-order valence-electron chi connectivity index (χ1n) is 5.76. The van der Waals surface area contributed by atoms with Crippen LogP contribution >= 0.6 is 31.9 Å². The highest BCUT2D eigenvalue weighted by Gasteiger charge is 2.26. The van der Waals surface area contributed by atoms with Crippen LogP contribution in [0.3, 0.4) is 0 Å². The maximum atomic E-state index is 12.2. The van der Waals surface area contributed by atoms with Crippen LogP contribution in [0.1, 0.15) is 20.7 Å². The fraction of sp³-hybridized carbons (Fsp3) is 0.133. The number of ketones is 1. The zero-order valence-electron chi connectivity index (χ0n) is 9.96. The number of Topliss-reactive ketones (excluding diaryl/α,β-unsaturated/α-hetero) is 1. The molecule has 0 amide bonds. The smallest absolute Gasteiger partial charge is 0.192 e. The van der Waals surface area contributed by atoms with E-state index in [1.807, 2.05) is 30.3 Å². The van der Waals surface area contributed by atoms with Gasteiger partial charge in [0.1, 0.15) is 6.10 Å². The largest absolute Gasteiger partial charge is 0.383 e. The topological polar surface area (TPSA) is 37.3 Å². The highest BCUT2D eigenvalue weighted by molar-refractivity contribution is 9.10. The van der Waals surface area contributed by atoms with E-state index in [-0.39, 0.29) is 5.78 Å². The van der Waals surface area contributed by atoms with Gasteiger partial charge >= 0.3 is 0 Å². The van der Waals surface area contributed by atoms with Crippen LogP contribution in [0.5, 0.6) is 0 Å². The van der Waals surface area contributed by atoms with E-state index in [2.05, 4.69) is 31.9 Å². The molecule has 0 aliphatic carbocycles. The van der Waals surface area contributed by atoms with Gasteiger partial charge in [0, 0.05) is 10.0 Å². The highest BCUT2D eigenvalue weighted by Crippen LogP contribution is 2.28. The monoisotopic (exact) mass is 382 g/mol. The van der Waals surface area contributed by atoms with Gasteiger partial charge in [0.2, 0.25) is 0 Å². The van der Waals surface area contributed by atoms with E-state index in [9.17, 15) is 9.90 Å². The predicted octanol–water partition coefficient (Wildman–Crippen LogP) is 4.13. The summed E-state index contributed by atoms with van der Waals surface area (Å²) in [6.45, 7) is 0. The molecule has 0 bridgehead atoms. The van der Waals surface area contributed by atoms with Crippen molar-refractivity contribution in [2.45, 2.75) is 10.9 Å². The number of carbonyl (C=O) groups excluding carboxylic acids is 1. The summed E-state index contributed by atoms with van der Waals surface area (Å²) >= 11 is 6.70. The molecule has 2 nitrogen and oxygen atoms in total. The Morgan fingerprint density at radius 2 is 1.58 bits per heavy atom. The molecule has 1 N–H and O–H groups in total. The van der Waals surface area contributed by atoms with Gasteiger partial charge in [0.05, 0.1) is 4.83 Å². The number of hydrogen-bond acceptors (Lipinski definition) is 2. The Morgan fingerprint density at radius 3 is 2.16 bits per heavy atom. The van der Waals surface area contributed by atoms with Crippen molar-refractivity contribution in [2.75, 3.05) is 0 Å². The van der Waals surface area contributed by atoms with Gasteiger partial charge in [-0.15, -0.1) is 0 Å². The minimum Gasteiger partial charge on any atom is -0.383 e. The lowest BCUT2D eigenvalue weighted by Crippen LogP contribution is -2.25. The summed E-state index contributed by atoms with van der Waals surface area (Å²) in [4.78, 5) is 11.8. The quantitative estimate of drug-likeness (QED) is 0.636. The predicted molar refractivity (Wildman–Crippen MR) is 82.6 cm³/mol. The van der Waals surface area contributed by atoms with E-state index in [1.165, 1.54) is 0 Å². The van der Waals surface area contributed by atoms with E-state index in [1.54, 1.807) is 24.3 Å². The number of aliphatic hydroxyl groups excluding tert-OH is 1. The second-order valence-electron chi connectivity index (χ2n) is 4.13. The third-order valence-electron chi connectivity index (χ3n) is 2.79. The molecule has 98 valence electrons. The molecule has 19 heavy (non-hydrogen) atoms. The second kappa shape index (κ2) is 6.46. The summed E-state index contributed by atoms with van der Waals surface area (Å²) in [5.41, 5.74) is 1.37. The van der Waals surface area contributed by atoms with Crippen LogP contribution in [0.25, 0.3) is 0 Å². The van der Waals surface area contributed by atoms with Gasteiger partial charge in [-0.05, 0) is 17.7 Å². The van der Waals surface area contributed by atoms with E-state index in [4.69, 9.17) is 0 Å². The number of hydrogen-bond donors (Lipinski definition) is 1. The van der Waals surface area contributed by atoms with Gasteiger partial charge in [-0.1, -0.05) is 74.3 Å². The molecule has 0 saturated carbocycles. The van der Waals surface area contributed by atoms with Crippen molar-refractivity contribution in [1.82, 2.24) is 0 Å². The van der Waals surface area contributed by atoms with Gasteiger partial charge in [-0.3, -0.25) is 4.79 Å². The third kappa shape index (κ3) is 3.53. The number of halogens is 2. The lowest BCUT2D eigenvalue weighted by molar-refractivity contribution is 0.0746. The Labute approximate surface area is 128 Å². The van der Waals surface area contributed by atoms with Crippen LogP contribution < -0.4 is 0 Å². The molecule has 0 heterocycles. The van der Waals surface area contributed by atoms with Crippen molar-refractivity contribution in [3.8, 4) is 0 Å². The molecule has 0 unspecified atom stereocenters. The first-order chi connectivity index (χ1) is 9.09. The molecule has 0 aromatic heterocycles. The Hall–Kier alpha value is -0.970. The van der Waals surface area contributed by atoms with Crippen molar-refractivity contribution in [3.63, 3.8) is 0 Å². The Balaban J connectivity index is 2.17. The van der Waals surface area contributed by atoms with Crippen molar-refractivity contribution < 1.29 is 9.90 Å². The highest BCUT2D eigenvalue weighted by atomic mass is 79.9. The van der Waals surface area contributed by atoms with Crippen LogP contribution in [0, 0.1) is 0 Å². The Bertz CT molecular complexity index is 552. The van der Waals surface area contributed by atoms with Crippen LogP contribution in [0.2, 0.25) is 0 Å². The van der Waals surface area contributed by atoms with Crippen molar-refractivity contribution in [1.29, 1.82) is 0 Å². The van der Waals surface area contributed by atoms with Gasteiger partial charge in [-0.2, -0.15) is 0 Å². The van der Waals surface area contributed by atoms with E-state index < -0.39 is 10.9 Å². The summed E-state index contributed by atoms with van der Waals surface area (Å²) in [7, 11) is 0. The number of benzene rings is 2. The first kappa shape index (κ1) is 14.4. The lowest BCUT2D eigenvalue weighted by Gasteiger charge is -2.16. The molecule has 0 aliphatic heterocycles. The molecule has 2 rings (SSSR count). The summed E-state index contributed by atoms with van der Waals surface area (Å²) in [6, 6.07) is 16.3. The van der Waals surface area contributed by atoms with E-state index in [0.29, 0.717) is 5.56 Å². The number of carbonyl (C=O) groups is 1. The number of alkyl halides is 1. The molecular formula is C15H12Br2O2. The molecular weight excluding hydrogens is 372 g/mol. The first-order valence-corrected chi connectivity index (χ1v) is 7.47. The minimum absolute atomic E-state index is 0.293. The fourth-order valence-electron chi connectivity index (χ4n) is 1.74. The molecule has 0 aliphatic rings. The van der Waals surface area contributed by atoms with Crippen LogP contribution in [-0.4, -0.2) is 17.0 Å². The number of rotatable bonds is 4. The molecule has 2 atom stereocenters. The standard InChI is InChI=1S/C15H12Br2O2/c16-12-8-6-11(7-9-12)14(18)15(19)13(17)10-4-2-1-3-5-10/h1-9,13,15,19H/t13-,15+/m1/s1. The second-order valence-corrected chi connectivity index (χ2v) is 6.03. The lowest BCUT2D eigenvalue weighted by atomic mass is 10.00. The zero-order valence-corrected chi connectivity index (χ0v) is 13.1. The molecule has 0 fully saturated rings. The van der Waals surface area contributed by atoms with Gasteiger partial charge in [0.25, 0.3) is 0 Å². The van der Waals surface area contributed by atoms with Gasteiger partial charge in [0.15, 0.2) is 5.78 Å². The van der Waals surface area contributed by atoms with Crippen LogP contribution in [0.4, 0.5) is 0 Å². The molecule has 2 aromatic rings. The van der Waals surface area contributed by atoms with Crippen molar-refractivity contribution in [3.05, 3.63) is 70.2 Å². The van der Waals surface area contributed by atoms with E-state index in [0.717, 1.165) is 10.0 Å². The molecule has 0 radical (unpaired) electrons. The van der Waals surface area contributed by atoms with E-state index >= 15 is 0 Å². The normalized spacial score (nSPS) is 13.8. The molecule has 4 heteroatoms.